The van der Waals surface area contributed by atoms with Crippen molar-refractivity contribution in [1.29, 1.82) is 0 Å². The molecule has 0 saturated heterocycles. The van der Waals surface area contributed by atoms with Crippen LogP contribution in [0.25, 0.3) is 0 Å². The van der Waals surface area contributed by atoms with Gasteiger partial charge < -0.3 is 9.47 Å². The van der Waals surface area contributed by atoms with Crippen LogP contribution in [0, 0.1) is 5.92 Å². The summed E-state index contributed by atoms with van der Waals surface area (Å²) in [6, 6.07) is 0. The van der Waals surface area contributed by atoms with Gasteiger partial charge in [-0.3, -0.25) is 9.59 Å². The minimum absolute atomic E-state index is 0.0359. The second-order valence-electron chi connectivity index (χ2n) is 6.18. The van der Waals surface area contributed by atoms with Crippen LogP contribution in [0.2, 0.25) is 0 Å². The van der Waals surface area contributed by atoms with E-state index in [2.05, 4.69) is 0 Å². The number of ether oxygens (including phenoxy) is 2. The third-order valence-electron chi connectivity index (χ3n) is 1.76. The van der Waals surface area contributed by atoms with Crippen molar-refractivity contribution >= 4 is 23.5 Å². The zero-order chi connectivity index (χ0) is 14.6. The van der Waals surface area contributed by atoms with Crippen molar-refractivity contribution in [2.45, 2.75) is 59.2 Å². The number of halogens is 1. The second-order valence-corrected chi connectivity index (χ2v) is 6.48. The Morgan fingerprint density at radius 2 is 1.44 bits per heavy atom. The van der Waals surface area contributed by atoms with Gasteiger partial charge in [-0.15, -0.1) is 11.6 Å². The molecule has 0 aliphatic carbocycles. The number of esters is 2. The van der Waals surface area contributed by atoms with E-state index in [9.17, 15) is 9.59 Å². The van der Waals surface area contributed by atoms with E-state index in [0.717, 1.165) is 0 Å². The van der Waals surface area contributed by atoms with Gasteiger partial charge in [0, 0.05) is 5.88 Å². The third kappa shape index (κ3) is 8.34. The molecular weight excluding hydrogens is 256 g/mol. The van der Waals surface area contributed by atoms with E-state index >= 15 is 0 Å². The maximum atomic E-state index is 11.8. The molecule has 0 N–H and O–H groups in total. The third-order valence-corrected chi connectivity index (χ3v) is 2.13. The number of carbonyl (C=O) groups is 2. The lowest BCUT2D eigenvalue weighted by Crippen LogP contribution is -2.32. The Morgan fingerprint density at radius 3 is 1.78 bits per heavy atom. The summed E-state index contributed by atoms with van der Waals surface area (Å²) in [4.78, 5) is 23.4. The van der Waals surface area contributed by atoms with Crippen LogP contribution in [-0.4, -0.2) is 29.0 Å². The van der Waals surface area contributed by atoms with Crippen LogP contribution in [0.3, 0.4) is 0 Å². The summed E-state index contributed by atoms with van der Waals surface area (Å²) in [7, 11) is 0. The zero-order valence-corrected chi connectivity index (χ0v) is 12.8. The molecule has 106 valence electrons. The van der Waals surface area contributed by atoms with Gasteiger partial charge in [0.15, 0.2) is 0 Å². The summed E-state index contributed by atoms with van der Waals surface area (Å²) in [5.74, 6) is -1.54. The van der Waals surface area contributed by atoms with E-state index in [1.807, 2.05) is 0 Å². The van der Waals surface area contributed by atoms with Crippen molar-refractivity contribution in [3.8, 4) is 0 Å². The Labute approximate surface area is 114 Å². The fourth-order valence-electron chi connectivity index (χ4n) is 1.17. The summed E-state index contributed by atoms with van der Waals surface area (Å²) in [5, 5.41) is 0. The first-order chi connectivity index (χ1) is 7.94. The van der Waals surface area contributed by atoms with Gasteiger partial charge in [-0.1, -0.05) is 0 Å². The monoisotopic (exact) mass is 278 g/mol. The molecule has 0 aliphatic heterocycles. The number of hydrogen-bond donors (Lipinski definition) is 0. The van der Waals surface area contributed by atoms with Gasteiger partial charge in [0.1, 0.15) is 11.2 Å². The fraction of sp³-hybridized carbons (Fsp3) is 0.846. The van der Waals surface area contributed by atoms with E-state index in [4.69, 9.17) is 21.1 Å². The molecule has 0 aliphatic rings. The lowest BCUT2D eigenvalue weighted by atomic mass is 10.1. The highest BCUT2D eigenvalue weighted by atomic mass is 35.5. The van der Waals surface area contributed by atoms with Crippen molar-refractivity contribution < 1.29 is 19.1 Å². The standard InChI is InChI=1S/C13H23ClO4/c1-12(2,3)17-10(15)7-9(8-14)11(16)18-13(4,5)6/h9H,7-8H2,1-6H3. The minimum atomic E-state index is -0.666. The van der Waals surface area contributed by atoms with Crippen molar-refractivity contribution in [2.24, 2.45) is 5.92 Å². The highest BCUT2D eigenvalue weighted by Gasteiger charge is 2.28. The molecule has 0 aromatic carbocycles. The van der Waals surface area contributed by atoms with Gasteiger partial charge in [-0.2, -0.15) is 0 Å². The average Bonchev–Trinajstić information content (AvgIpc) is 2.07. The molecule has 0 fully saturated rings. The fourth-order valence-corrected chi connectivity index (χ4v) is 1.41. The molecule has 4 nitrogen and oxygen atoms in total. The summed E-state index contributed by atoms with van der Waals surface area (Å²) in [6.45, 7) is 10.6. The van der Waals surface area contributed by atoms with E-state index in [-0.39, 0.29) is 12.3 Å². The number of rotatable bonds is 4. The lowest BCUT2D eigenvalue weighted by Gasteiger charge is -2.24. The average molecular weight is 279 g/mol. The Hall–Kier alpha value is -0.770. The predicted molar refractivity (Wildman–Crippen MR) is 70.5 cm³/mol. The maximum Gasteiger partial charge on any atom is 0.311 e. The van der Waals surface area contributed by atoms with Gasteiger partial charge >= 0.3 is 11.9 Å². The Bertz CT molecular complexity index is 299. The molecule has 0 bridgehead atoms. The van der Waals surface area contributed by atoms with E-state index < -0.39 is 29.1 Å². The number of carbonyl (C=O) groups excluding carboxylic acids is 2. The molecule has 0 aromatic heterocycles. The quantitative estimate of drug-likeness (QED) is 0.586. The van der Waals surface area contributed by atoms with Crippen molar-refractivity contribution in [1.82, 2.24) is 0 Å². The summed E-state index contributed by atoms with van der Waals surface area (Å²) < 4.78 is 10.3. The minimum Gasteiger partial charge on any atom is -0.460 e. The predicted octanol–water partition coefficient (Wildman–Crippen LogP) is 2.91. The molecule has 18 heavy (non-hydrogen) atoms. The summed E-state index contributed by atoms with van der Waals surface area (Å²) in [6.07, 6.45) is -0.0598. The molecule has 0 radical (unpaired) electrons. The van der Waals surface area contributed by atoms with E-state index in [1.165, 1.54) is 0 Å². The van der Waals surface area contributed by atoms with Gasteiger partial charge in [-0.25, -0.2) is 0 Å². The molecule has 0 aromatic rings. The van der Waals surface area contributed by atoms with Crippen LogP contribution in [0.1, 0.15) is 48.0 Å². The number of alkyl halides is 1. The summed E-state index contributed by atoms with van der Waals surface area (Å²) >= 11 is 5.70. The normalized spacial score (nSPS) is 13.9. The first-order valence-corrected chi connectivity index (χ1v) is 6.49. The molecule has 5 heteroatoms. The highest BCUT2D eigenvalue weighted by molar-refractivity contribution is 6.19. The van der Waals surface area contributed by atoms with Gasteiger partial charge in [-0.05, 0) is 41.5 Å². The Balaban J connectivity index is 4.44. The molecule has 0 rings (SSSR count). The zero-order valence-electron chi connectivity index (χ0n) is 12.0. The molecule has 0 amide bonds. The highest BCUT2D eigenvalue weighted by Crippen LogP contribution is 2.17. The molecule has 0 saturated carbocycles. The van der Waals surface area contributed by atoms with E-state index in [0.29, 0.717) is 0 Å². The van der Waals surface area contributed by atoms with Gasteiger partial charge in [0.25, 0.3) is 0 Å². The molecule has 0 spiro atoms. The van der Waals surface area contributed by atoms with Crippen molar-refractivity contribution in [3.05, 3.63) is 0 Å². The Morgan fingerprint density at radius 1 is 1.00 bits per heavy atom. The molecule has 0 heterocycles. The van der Waals surface area contributed by atoms with Crippen LogP contribution >= 0.6 is 11.6 Å². The summed E-state index contributed by atoms with van der Waals surface area (Å²) in [5.41, 5.74) is -1.16. The largest absolute Gasteiger partial charge is 0.460 e. The van der Waals surface area contributed by atoms with Crippen LogP contribution in [0.15, 0.2) is 0 Å². The topological polar surface area (TPSA) is 52.6 Å². The smallest absolute Gasteiger partial charge is 0.311 e. The van der Waals surface area contributed by atoms with Crippen LogP contribution in [-0.2, 0) is 19.1 Å². The maximum absolute atomic E-state index is 11.8. The number of hydrogen-bond acceptors (Lipinski definition) is 4. The lowest BCUT2D eigenvalue weighted by molar-refractivity contribution is -0.166. The van der Waals surface area contributed by atoms with E-state index in [1.54, 1.807) is 41.5 Å². The SMILES string of the molecule is CC(C)(C)OC(=O)CC(CCl)C(=O)OC(C)(C)C. The van der Waals surface area contributed by atoms with Crippen LogP contribution in [0.5, 0.6) is 0 Å². The molecular formula is C13H23ClO4. The van der Waals surface area contributed by atoms with Crippen LogP contribution in [0.4, 0.5) is 0 Å². The van der Waals surface area contributed by atoms with Crippen molar-refractivity contribution in [2.75, 3.05) is 5.88 Å². The van der Waals surface area contributed by atoms with Crippen molar-refractivity contribution in [3.63, 3.8) is 0 Å². The molecule has 1 atom stereocenters. The van der Waals surface area contributed by atoms with Gasteiger partial charge in [0.2, 0.25) is 0 Å². The van der Waals surface area contributed by atoms with Crippen LogP contribution < -0.4 is 0 Å². The first-order valence-electron chi connectivity index (χ1n) is 5.95. The molecule has 1 unspecified atom stereocenters. The van der Waals surface area contributed by atoms with Gasteiger partial charge in [0.05, 0.1) is 12.3 Å². The first kappa shape index (κ1) is 17.2. The second kappa shape index (κ2) is 6.41. The Kier molecular flexibility index (Phi) is 6.14.